The van der Waals surface area contributed by atoms with Crippen molar-refractivity contribution >= 4 is 5.97 Å². The first-order chi connectivity index (χ1) is 8.08. The van der Waals surface area contributed by atoms with Gasteiger partial charge >= 0.3 is 5.97 Å². The van der Waals surface area contributed by atoms with Crippen LogP contribution in [0.3, 0.4) is 0 Å². The molecule has 3 N–H and O–H groups in total. The number of aliphatic carboxylic acids is 1. The Hall–Kier alpha value is -0.690. The number of carboxylic acids is 1. The first kappa shape index (κ1) is 14.4. The van der Waals surface area contributed by atoms with Gasteiger partial charge in [0.25, 0.3) is 0 Å². The smallest absolute Gasteiger partial charge is 0.325 e. The maximum absolute atomic E-state index is 10.9. The minimum atomic E-state index is -1.06. The summed E-state index contributed by atoms with van der Waals surface area (Å²) in [7, 11) is 1.64. The summed E-state index contributed by atoms with van der Waals surface area (Å²) in [4.78, 5) is 13.0. The van der Waals surface area contributed by atoms with Crippen LogP contribution in [-0.2, 0) is 14.3 Å². The summed E-state index contributed by atoms with van der Waals surface area (Å²) < 4.78 is 10.2. The van der Waals surface area contributed by atoms with Gasteiger partial charge in [-0.25, -0.2) is 0 Å². The van der Waals surface area contributed by atoms with Crippen molar-refractivity contribution < 1.29 is 19.4 Å². The van der Waals surface area contributed by atoms with E-state index in [1.54, 1.807) is 7.11 Å². The Balaban J connectivity index is 2.08. The van der Waals surface area contributed by atoms with Crippen LogP contribution in [0.4, 0.5) is 0 Å². The van der Waals surface area contributed by atoms with Crippen LogP contribution >= 0.6 is 0 Å². The van der Waals surface area contributed by atoms with Gasteiger partial charge in [0.15, 0.2) is 0 Å². The molecule has 0 aliphatic carbocycles. The van der Waals surface area contributed by atoms with E-state index < -0.39 is 11.5 Å². The molecular weight excluding hydrogens is 224 g/mol. The number of methoxy groups -OCH3 is 1. The van der Waals surface area contributed by atoms with Gasteiger partial charge in [-0.1, -0.05) is 0 Å². The zero-order valence-corrected chi connectivity index (χ0v) is 10.4. The highest BCUT2D eigenvalue weighted by Gasteiger charge is 2.40. The maximum atomic E-state index is 10.9. The number of nitrogens with two attached hydrogens (primary N) is 1. The van der Waals surface area contributed by atoms with Crippen LogP contribution < -0.4 is 5.73 Å². The molecule has 6 heteroatoms. The van der Waals surface area contributed by atoms with Gasteiger partial charge < -0.3 is 25.2 Å². The van der Waals surface area contributed by atoms with E-state index in [0.29, 0.717) is 32.8 Å². The average Bonchev–Trinajstić information content (AvgIpc) is 2.67. The fourth-order valence-electron chi connectivity index (χ4n) is 1.91. The Bertz CT molecular complexity index is 250. The number of nitrogens with zero attached hydrogens (tertiary/aromatic N) is 1. The third-order valence-corrected chi connectivity index (χ3v) is 3.00. The van der Waals surface area contributed by atoms with E-state index >= 15 is 0 Å². The Labute approximate surface area is 102 Å². The quantitative estimate of drug-likeness (QED) is 0.563. The molecule has 0 aromatic heterocycles. The largest absolute Gasteiger partial charge is 0.480 e. The van der Waals surface area contributed by atoms with Gasteiger partial charge in [0, 0.05) is 33.4 Å². The van der Waals surface area contributed by atoms with E-state index in [-0.39, 0.29) is 0 Å². The van der Waals surface area contributed by atoms with Gasteiger partial charge in [0.05, 0.1) is 13.2 Å². The lowest BCUT2D eigenvalue weighted by molar-refractivity contribution is -0.142. The van der Waals surface area contributed by atoms with Crippen molar-refractivity contribution in [3.05, 3.63) is 0 Å². The van der Waals surface area contributed by atoms with Crippen LogP contribution in [0.25, 0.3) is 0 Å². The van der Waals surface area contributed by atoms with Gasteiger partial charge in [-0.05, 0) is 12.8 Å². The number of carboxylic acid groups (broad SMARTS) is 1. The summed E-state index contributed by atoms with van der Waals surface area (Å²) in [5.74, 6) is -0.906. The zero-order chi connectivity index (χ0) is 12.7. The second-order valence-electron chi connectivity index (χ2n) is 4.45. The van der Waals surface area contributed by atoms with Gasteiger partial charge in [0.1, 0.15) is 5.54 Å². The van der Waals surface area contributed by atoms with E-state index in [4.69, 9.17) is 20.3 Å². The molecule has 6 nitrogen and oxygen atoms in total. The Kier molecular flexibility index (Phi) is 5.84. The molecule has 1 aliphatic heterocycles. The summed E-state index contributed by atoms with van der Waals surface area (Å²) in [5, 5.41) is 8.97. The topological polar surface area (TPSA) is 85.0 Å². The first-order valence-corrected chi connectivity index (χ1v) is 5.90. The molecule has 1 aliphatic rings. The molecule has 0 spiro atoms. The maximum Gasteiger partial charge on any atom is 0.325 e. The van der Waals surface area contributed by atoms with E-state index in [2.05, 4.69) is 4.90 Å². The van der Waals surface area contributed by atoms with Crippen molar-refractivity contribution in [3.8, 4) is 0 Å². The molecule has 1 heterocycles. The van der Waals surface area contributed by atoms with Crippen LogP contribution in [0.5, 0.6) is 0 Å². The van der Waals surface area contributed by atoms with Crippen LogP contribution in [-0.4, -0.2) is 68.1 Å². The third kappa shape index (κ3) is 4.59. The third-order valence-electron chi connectivity index (χ3n) is 3.00. The van der Waals surface area contributed by atoms with Gasteiger partial charge in [-0.3, -0.25) is 4.79 Å². The Morgan fingerprint density at radius 1 is 1.47 bits per heavy atom. The lowest BCUT2D eigenvalue weighted by Crippen LogP contribution is -2.50. The second kappa shape index (κ2) is 6.90. The van der Waals surface area contributed by atoms with Gasteiger partial charge in [0.2, 0.25) is 0 Å². The Morgan fingerprint density at radius 3 is 2.82 bits per heavy atom. The minimum Gasteiger partial charge on any atom is -0.480 e. The lowest BCUT2D eigenvalue weighted by atomic mass is 10.0. The molecule has 100 valence electrons. The molecule has 1 atom stereocenters. The number of ether oxygens (including phenoxy) is 2. The highest BCUT2D eigenvalue weighted by molar-refractivity contribution is 5.79. The predicted octanol–water partition coefficient (Wildman–Crippen LogP) is -0.473. The summed E-state index contributed by atoms with van der Waals surface area (Å²) in [6.07, 6.45) is 1.41. The molecule has 1 unspecified atom stereocenters. The molecule has 17 heavy (non-hydrogen) atoms. The normalized spacial score (nSPS) is 25.3. The summed E-state index contributed by atoms with van der Waals surface area (Å²) in [5.41, 5.74) is 4.71. The minimum absolute atomic E-state index is 0.431. The van der Waals surface area contributed by atoms with E-state index in [1.165, 1.54) is 0 Å². The van der Waals surface area contributed by atoms with Crippen molar-refractivity contribution in [3.63, 3.8) is 0 Å². The fraction of sp³-hybridized carbons (Fsp3) is 0.909. The summed E-state index contributed by atoms with van der Waals surface area (Å²) in [6, 6.07) is 0. The summed E-state index contributed by atoms with van der Waals surface area (Å²) >= 11 is 0. The van der Waals surface area contributed by atoms with Crippen LogP contribution in [0.2, 0.25) is 0 Å². The van der Waals surface area contributed by atoms with Gasteiger partial charge in [-0.2, -0.15) is 0 Å². The van der Waals surface area contributed by atoms with Crippen molar-refractivity contribution in [2.45, 2.75) is 18.4 Å². The lowest BCUT2D eigenvalue weighted by Gasteiger charge is -2.19. The monoisotopic (exact) mass is 246 g/mol. The number of carbonyl (C=O) groups is 1. The van der Waals surface area contributed by atoms with Crippen LogP contribution in [0.1, 0.15) is 12.8 Å². The number of hydrogen-bond acceptors (Lipinski definition) is 5. The molecule has 0 radical (unpaired) electrons. The zero-order valence-electron chi connectivity index (χ0n) is 10.4. The highest BCUT2D eigenvalue weighted by Crippen LogP contribution is 2.18. The molecule has 0 amide bonds. The fourth-order valence-corrected chi connectivity index (χ4v) is 1.91. The van der Waals surface area contributed by atoms with Crippen molar-refractivity contribution in [1.29, 1.82) is 0 Å². The van der Waals surface area contributed by atoms with Crippen LogP contribution in [0, 0.1) is 0 Å². The standard InChI is InChI=1S/C11H22N2O4/c1-16-7-8-17-6-2-4-13-5-3-11(12,9-13)10(14)15/h2-9,12H2,1H3,(H,14,15). The molecule has 1 rings (SSSR count). The van der Waals surface area contributed by atoms with Crippen molar-refractivity contribution in [1.82, 2.24) is 4.90 Å². The van der Waals surface area contributed by atoms with Gasteiger partial charge in [-0.15, -0.1) is 0 Å². The molecule has 1 saturated heterocycles. The number of hydrogen-bond donors (Lipinski definition) is 2. The SMILES string of the molecule is COCCOCCCN1CCC(N)(C(=O)O)C1. The molecule has 0 saturated carbocycles. The molecule has 0 bridgehead atoms. The number of likely N-dealkylation sites (tertiary alicyclic amines) is 1. The molecule has 1 fully saturated rings. The molecule has 0 aromatic carbocycles. The van der Waals surface area contributed by atoms with Crippen molar-refractivity contribution in [2.24, 2.45) is 5.73 Å². The van der Waals surface area contributed by atoms with E-state index in [1.807, 2.05) is 0 Å². The molecular formula is C11H22N2O4. The Morgan fingerprint density at radius 2 is 2.24 bits per heavy atom. The average molecular weight is 246 g/mol. The van der Waals surface area contributed by atoms with Crippen LogP contribution in [0.15, 0.2) is 0 Å². The van der Waals surface area contributed by atoms with E-state index in [0.717, 1.165) is 19.5 Å². The highest BCUT2D eigenvalue weighted by atomic mass is 16.5. The second-order valence-corrected chi connectivity index (χ2v) is 4.45. The molecule has 0 aromatic rings. The van der Waals surface area contributed by atoms with Crippen molar-refractivity contribution in [2.75, 3.05) is 46.6 Å². The summed E-state index contributed by atoms with van der Waals surface area (Å²) in [6.45, 7) is 3.89. The predicted molar refractivity (Wildman–Crippen MR) is 62.9 cm³/mol. The first-order valence-electron chi connectivity index (χ1n) is 5.90. The van der Waals surface area contributed by atoms with E-state index in [9.17, 15) is 4.79 Å². The number of rotatable bonds is 8.